The second-order valence-corrected chi connectivity index (χ2v) is 7.75. The number of nitrogens with one attached hydrogen (secondary N) is 2. The number of anilines is 4. The van der Waals surface area contributed by atoms with Crippen LogP contribution < -0.4 is 21.5 Å². The Morgan fingerprint density at radius 2 is 1.84 bits per heavy atom. The summed E-state index contributed by atoms with van der Waals surface area (Å²) in [6, 6.07) is 18.8. The van der Waals surface area contributed by atoms with Crippen LogP contribution in [0.4, 0.5) is 23.0 Å². The van der Waals surface area contributed by atoms with Crippen molar-refractivity contribution >= 4 is 62.9 Å². The Kier molecular flexibility index (Phi) is 6.30. The molecule has 7 nitrogen and oxygen atoms in total. The smallest absolute Gasteiger partial charge is 0.271 e. The third-order valence-corrected chi connectivity index (χ3v) is 5.51. The first-order valence-corrected chi connectivity index (χ1v) is 10.6. The molecular weight excluding hydrogens is 447 g/mol. The van der Waals surface area contributed by atoms with Crippen LogP contribution in [0.2, 0.25) is 10.0 Å². The second kappa shape index (κ2) is 9.30. The van der Waals surface area contributed by atoms with Crippen LogP contribution in [0.5, 0.6) is 0 Å². The molecule has 1 amide bonds. The van der Waals surface area contributed by atoms with Crippen molar-refractivity contribution < 1.29 is 4.79 Å². The Balaban J connectivity index is 1.62. The predicted octanol–water partition coefficient (Wildman–Crippen LogP) is 5.43. The lowest BCUT2D eigenvalue weighted by molar-refractivity contribution is 0.0962. The fourth-order valence-electron chi connectivity index (χ4n) is 3.44. The van der Waals surface area contributed by atoms with Crippen molar-refractivity contribution in [2.24, 2.45) is 0 Å². The van der Waals surface area contributed by atoms with E-state index >= 15 is 0 Å². The molecule has 0 aliphatic rings. The SMILES string of the molecule is CCN(c1ncnc(NNC(=O)c2ccc(Cl)cc2Cl)c1N)c1cccc2ccccc12. The summed E-state index contributed by atoms with van der Waals surface area (Å²) in [7, 11) is 0. The minimum atomic E-state index is -0.451. The third-order valence-electron chi connectivity index (χ3n) is 4.96. The van der Waals surface area contributed by atoms with Gasteiger partial charge in [-0.15, -0.1) is 0 Å². The van der Waals surface area contributed by atoms with Gasteiger partial charge in [0.25, 0.3) is 5.91 Å². The molecule has 4 aromatic rings. The Bertz CT molecular complexity index is 1290. The molecule has 0 aliphatic heterocycles. The Morgan fingerprint density at radius 3 is 2.62 bits per heavy atom. The van der Waals surface area contributed by atoms with E-state index in [0.29, 0.717) is 23.1 Å². The van der Waals surface area contributed by atoms with Crippen LogP contribution in [0, 0.1) is 0 Å². The number of hydrogen-bond donors (Lipinski definition) is 3. The van der Waals surface area contributed by atoms with Crippen molar-refractivity contribution in [1.82, 2.24) is 15.4 Å². The molecule has 9 heteroatoms. The average Bonchev–Trinajstić information content (AvgIpc) is 2.79. The van der Waals surface area contributed by atoms with Gasteiger partial charge >= 0.3 is 0 Å². The van der Waals surface area contributed by atoms with Crippen LogP contribution in [0.1, 0.15) is 17.3 Å². The highest BCUT2D eigenvalue weighted by molar-refractivity contribution is 6.36. The second-order valence-electron chi connectivity index (χ2n) is 6.91. The van der Waals surface area contributed by atoms with E-state index in [1.165, 1.54) is 18.5 Å². The van der Waals surface area contributed by atoms with E-state index in [1.54, 1.807) is 6.07 Å². The molecule has 3 aromatic carbocycles. The monoisotopic (exact) mass is 466 g/mol. The molecule has 0 saturated heterocycles. The van der Waals surface area contributed by atoms with Crippen molar-refractivity contribution in [3.8, 4) is 0 Å². The largest absolute Gasteiger partial charge is 0.393 e. The molecule has 32 heavy (non-hydrogen) atoms. The first-order chi connectivity index (χ1) is 15.5. The van der Waals surface area contributed by atoms with Crippen LogP contribution in [0.3, 0.4) is 0 Å². The van der Waals surface area contributed by atoms with E-state index in [0.717, 1.165) is 16.5 Å². The topological polar surface area (TPSA) is 96.2 Å². The summed E-state index contributed by atoms with van der Waals surface area (Å²) in [6.45, 7) is 2.64. The van der Waals surface area contributed by atoms with Gasteiger partial charge < -0.3 is 10.6 Å². The molecule has 0 bridgehead atoms. The molecule has 0 fully saturated rings. The summed E-state index contributed by atoms with van der Waals surface area (Å²) in [6.07, 6.45) is 1.39. The number of halogens is 2. The highest BCUT2D eigenvalue weighted by atomic mass is 35.5. The zero-order chi connectivity index (χ0) is 22.7. The lowest BCUT2D eigenvalue weighted by Crippen LogP contribution is -2.31. The molecule has 0 aliphatic carbocycles. The summed E-state index contributed by atoms with van der Waals surface area (Å²) in [5.74, 6) is 0.347. The van der Waals surface area contributed by atoms with Crippen LogP contribution in [0.25, 0.3) is 10.8 Å². The fourth-order valence-corrected chi connectivity index (χ4v) is 3.93. The van der Waals surface area contributed by atoms with Gasteiger partial charge in [-0.1, -0.05) is 59.6 Å². The lowest BCUT2D eigenvalue weighted by Gasteiger charge is -2.25. The number of hydrazine groups is 1. The van der Waals surface area contributed by atoms with Gasteiger partial charge in [0.2, 0.25) is 0 Å². The van der Waals surface area contributed by atoms with Crippen LogP contribution in [-0.4, -0.2) is 22.4 Å². The van der Waals surface area contributed by atoms with Crippen LogP contribution in [-0.2, 0) is 0 Å². The summed E-state index contributed by atoms with van der Waals surface area (Å²) in [5.41, 5.74) is 13.3. The maximum atomic E-state index is 12.5. The molecule has 0 atom stereocenters. The highest BCUT2D eigenvalue weighted by Crippen LogP contribution is 2.35. The molecule has 0 saturated carbocycles. The quantitative estimate of drug-likeness (QED) is 0.327. The van der Waals surface area contributed by atoms with E-state index in [1.807, 2.05) is 36.1 Å². The number of amides is 1. The third kappa shape index (κ3) is 4.26. The van der Waals surface area contributed by atoms with Crippen molar-refractivity contribution in [3.63, 3.8) is 0 Å². The number of hydrogen-bond acceptors (Lipinski definition) is 6. The summed E-state index contributed by atoms with van der Waals surface area (Å²) < 4.78 is 0. The van der Waals surface area contributed by atoms with Gasteiger partial charge in [0.15, 0.2) is 11.6 Å². The number of aromatic nitrogens is 2. The normalized spacial score (nSPS) is 10.7. The maximum Gasteiger partial charge on any atom is 0.271 e. The molecule has 0 spiro atoms. The number of carbonyl (C=O) groups excluding carboxylic acids is 1. The number of carbonyl (C=O) groups is 1. The minimum Gasteiger partial charge on any atom is -0.393 e. The fraction of sp³-hybridized carbons (Fsp3) is 0.0870. The zero-order valence-corrected chi connectivity index (χ0v) is 18.7. The number of benzene rings is 3. The standard InChI is InChI=1S/C23H20Cl2N6O/c1-2-31(19-9-5-7-14-6-3-4-8-16(14)19)22-20(26)21(27-13-28-22)29-30-23(32)17-11-10-15(24)12-18(17)25/h3-13H,2,26H2,1H3,(H,30,32)(H,27,28,29). The molecule has 0 radical (unpaired) electrons. The lowest BCUT2D eigenvalue weighted by atomic mass is 10.1. The Morgan fingerprint density at radius 1 is 1.06 bits per heavy atom. The molecule has 4 N–H and O–H groups in total. The Hall–Kier alpha value is -3.55. The van der Waals surface area contributed by atoms with Gasteiger partial charge in [-0.3, -0.25) is 15.6 Å². The van der Waals surface area contributed by atoms with Crippen LogP contribution >= 0.6 is 23.2 Å². The summed E-state index contributed by atoms with van der Waals surface area (Å²) in [5, 5.41) is 2.87. The average molecular weight is 467 g/mol. The van der Waals surface area contributed by atoms with Gasteiger partial charge in [-0.25, -0.2) is 9.97 Å². The number of rotatable bonds is 6. The maximum absolute atomic E-state index is 12.5. The molecule has 1 aromatic heterocycles. The minimum absolute atomic E-state index is 0.237. The van der Waals surface area contributed by atoms with Crippen molar-refractivity contribution in [2.45, 2.75) is 6.92 Å². The van der Waals surface area contributed by atoms with Crippen molar-refractivity contribution in [2.75, 3.05) is 22.6 Å². The van der Waals surface area contributed by atoms with Gasteiger partial charge in [-0.05, 0) is 36.6 Å². The molecular formula is C23H20Cl2N6O. The molecule has 162 valence electrons. The Labute approximate surface area is 195 Å². The highest BCUT2D eigenvalue weighted by Gasteiger charge is 2.18. The number of fused-ring (bicyclic) bond motifs is 1. The molecule has 1 heterocycles. The van der Waals surface area contributed by atoms with Gasteiger partial charge in [-0.2, -0.15) is 0 Å². The van der Waals surface area contributed by atoms with Gasteiger partial charge in [0, 0.05) is 17.0 Å². The first-order valence-electron chi connectivity index (χ1n) is 9.86. The van der Waals surface area contributed by atoms with Gasteiger partial charge in [0.1, 0.15) is 12.0 Å². The predicted molar refractivity (Wildman–Crippen MR) is 131 cm³/mol. The van der Waals surface area contributed by atoms with E-state index in [2.05, 4.69) is 39.0 Å². The zero-order valence-electron chi connectivity index (χ0n) is 17.1. The number of nitrogens with zero attached hydrogens (tertiary/aromatic N) is 3. The summed E-state index contributed by atoms with van der Waals surface area (Å²) >= 11 is 12.0. The number of nitrogens with two attached hydrogens (primary N) is 1. The van der Waals surface area contributed by atoms with Crippen LogP contribution in [0.15, 0.2) is 67.0 Å². The van der Waals surface area contributed by atoms with E-state index in [9.17, 15) is 4.79 Å². The van der Waals surface area contributed by atoms with Crippen molar-refractivity contribution in [3.05, 3.63) is 82.6 Å². The first kappa shape index (κ1) is 21.7. The van der Waals surface area contributed by atoms with E-state index < -0.39 is 5.91 Å². The number of nitrogen functional groups attached to an aromatic ring is 1. The van der Waals surface area contributed by atoms with E-state index in [4.69, 9.17) is 28.9 Å². The summed E-state index contributed by atoms with van der Waals surface area (Å²) in [4.78, 5) is 23.1. The molecule has 4 rings (SSSR count). The van der Waals surface area contributed by atoms with Gasteiger partial charge in [0.05, 0.1) is 16.3 Å². The molecule has 0 unspecified atom stereocenters. The van der Waals surface area contributed by atoms with E-state index in [-0.39, 0.29) is 16.4 Å². The van der Waals surface area contributed by atoms with Crippen molar-refractivity contribution in [1.29, 1.82) is 0 Å².